The molecule has 5 rings (SSSR count). The molecule has 180 valence electrons. The second-order valence-corrected chi connectivity index (χ2v) is 10.1. The predicted octanol–water partition coefficient (Wildman–Crippen LogP) is 1.98. The number of nitrogens with one attached hydrogen (secondary N) is 1. The molecule has 1 N–H and O–H groups in total. The average molecular weight is 486 g/mol. The summed E-state index contributed by atoms with van der Waals surface area (Å²) in [5.74, 6) is -0.125. The number of aromatic nitrogens is 3. The molecule has 2 amide bonds. The number of ether oxygens (including phenoxy) is 1. The molecule has 1 saturated carbocycles. The van der Waals surface area contributed by atoms with Crippen molar-refractivity contribution >= 4 is 29.2 Å². The zero-order valence-corrected chi connectivity index (χ0v) is 19.7. The van der Waals surface area contributed by atoms with Crippen LogP contribution in [0.25, 0.3) is 5.69 Å². The molecule has 1 aromatic heterocycles. The first kappa shape index (κ1) is 23.0. The van der Waals surface area contributed by atoms with E-state index in [0.29, 0.717) is 11.5 Å². The standard InChI is InChI=1S/C24H28ClN5O4/c1-14-5-7-15(8-6-14)20(24(33)30-10-18(25)22-21(30)19(31)11-34-22)28-23(32)16-3-2-4-17(9-16)29-12-26-27-13-29/h2-4,9,12-15,18,20-22H,5-8,10-11H2,1H3,(H,28,32)/t14?,15?,18-,20?,21+,22+/m0/s1. The monoisotopic (exact) mass is 485 g/mol. The Bertz CT molecular complexity index is 1070. The number of nitrogens with zero attached hydrogens (tertiary/aromatic N) is 4. The van der Waals surface area contributed by atoms with Crippen LogP contribution in [-0.2, 0) is 14.3 Å². The van der Waals surface area contributed by atoms with E-state index in [1.54, 1.807) is 35.4 Å². The van der Waals surface area contributed by atoms with Crippen molar-refractivity contribution < 1.29 is 19.1 Å². The Labute approximate surface area is 202 Å². The number of carbonyl (C=O) groups excluding carboxylic acids is 3. The number of likely N-dealkylation sites (tertiary alicyclic amines) is 1. The van der Waals surface area contributed by atoms with Crippen LogP contribution < -0.4 is 5.32 Å². The zero-order valence-electron chi connectivity index (χ0n) is 19.0. The number of benzene rings is 1. The Morgan fingerprint density at radius 2 is 1.91 bits per heavy atom. The number of fused-ring (bicyclic) bond motifs is 1. The molecule has 2 aromatic rings. The molecule has 3 heterocycles. The number of alkyl halides is 1. The smallest absolute Gasteiger partial charge is 0.252 e. The second kappa shape index (κ2) is 9.46. The molecule has 4 atom stereocenters. The molecule has 34 heavy (non-hydrogen) atoms. The molecule has 3 aliphatic rings. The normalized spacial score (nSPS) is 29.6. The predicted molar refractivity (Wildman–Crippen MR) is 124 cm³/mol. The summed E-state index contributed by atoms with van der Waals surface area (Å²) in [6, 6.07) is 5.67. The van der Waals surface area contributed by atoms with Crippen LogP contribution in [0.4, 0.5) is 0 Å². The number of hydrogen-bond acceptors (Lipinski definition) is 6. The van der Waals surface area contributed by atoms with Crippen molar-refractivity contribution in [3.8, 4) is 5.69 Å². The van der Waals surface area contributed by atoms with Crippen LogP contribution in [0, 0.1) is 11.8 Å². The maximum absolute atomic E-state index is 13.8. The lowest BCUT2D eigenvalue weighted by Crippen LogP contribution is -2.55. The van der Waals surface area contributed by atoms with Gasteiger partial charge in [-0.1, -0.05) is 25.8 Å². The Hall–Kier alpha value is -2.78. The van der Waals surface area contributed by atoms with Gasteiger partial charge in [0, 0.05) is 17.8 Å². The summed E-state index contributed by atoms with van der Waals surface area (Å²) in [7, 11) is 0. The summed E-state index contributed by atoms with van der Waals surface area (Å²) in [4.78, 5) is 41.1. The molecule has 0 spiro atoms. The van der Waals surface area contributed by atoms with Crippen molar-refractivity contribution in [3.05, 3.63) is 42.5 Å². The van der Waals surface area contributed by atoms with Gasteiger partial charge in [0.15, 0.2) is 5.78 Å². The zero-order chi connectivity index (χ0) is 23.8. The van der Waals surface area contributed by atoms with Gasteiger partial charge in [0.1, 0.15) is 37.4 Å². The van der Waals surface area contributed by atoms with Crippen LogP contribution in [0.5, 0.6) is 0 Å². The van der Waals surface area contributed by atoms with E-state index in [4.69, 9.17) is 16.3 Å². The fourth-order valence-electron chi connectivity index (χ4n) is 5.37. The van der Waals surface area contributed by atoms with Crippen LogP contribution >= 0.6 is 11.6 Å². The molecule has 3 fully saturated rings. The Balaban J connectivity index is 1.39. The number of rotatable bonds is 5. The van der Waals surface area contributed by atoms with Crippen LogP contribution in [0.1, 0.15) is 43.0 Å². The van der Waals surface area contributed by atoms with E-state index in [2.05, 4.69) is 22.4 Å². The van der Waals surface area contributed by atoms with Crippen LogP contribution in [-0.4, -0.2) is 74.0 Å². The van der Waals surface area contributed by atoms with E-state index in [0.717, 1.165) is 31.4 Å². The summed E-state index contributed by atoms with van der Waals surface area (Å²) in [5, 5.41) is 10.2. The molecule has 0 bridgehead atoms. The summed E-state index contributed by atoms with van der Waals surface area (Å²) >= 11 is 6.42. The summed E-state index contributed by atoms with van der Waals surface area (Å²) in [5.41, 5.74) is 1.18. The molecular weight excluding hydrogens is 458 g/mol. The number of Topliss-reactive ketones (excluding diaryl/α,β-unsaturated/α-hetero) is 1. The van der Waals surface area contributed by atoms with E-state index in [-0.39, 0.29) is 36.7 Å². The first-order chi connectivity index (χ1) is 16.4. The maximum atomic E-state index is 13.8. The number of amides is 2. The van der Waals surface area contributed by atoms with Crippen LogP contribution in [0.2, 0.25) is 0 Å². The molecular formula is C24H28ClN5O4. The quantitative estimate of drug-likeness (QED) is 0.649. The second-order valence-electron chi connectivity index (χ2n) is 9.58. The Kier molecular flexibility index (Phi) is 6.40. The van der Waals surface area contributed by atoms with E-state index in [9.17, 15) is 14.4 Å². The molecule has 1 aromatic carbocycles. The van der Waals surface area contributed by atoms with E-state index < -0.39 is 23.6 Å². The molecule has 2 aliphatic heterocycles. The largest absolute Gasteiger partial charge is 0.366 e. The third-order valence-electron chi connectivity index (χ3n) is 7.32. The maximum Gasteiger partial charge on any atom is 0.252 e. The van der Waals surface area contributed by atoms with Gasteiger partial charge >= 0.3 is 0 Å². The molecule has 2 saturated heterocycles. The highest BCUT2D eigenvalue weighted by molar-refractivity contribution is 6.22. The third kappa shape index (κ3) is 4.34. The molecule has 1 unspecified atom stereocenters. The van der Waals surface area contributed by atoms with Crippen molar-refractivity contribution in [1.82, 2.24) is 25.0 Å². The van der Waals surface area contributed by atoms with Gasteiger partial charge < -0.3 is 15.0 Å². The van der Waals surface area contributed by atoms with Gasteiger partial charge in [0.25, 0.3) is 5.91 Å². The van der Waals surface area contributed by atoms with Gasteiger partial charge in [-0.2, -0.15) is 0 Å². The fraction of sp³-hybridized carbons (Fsp3) is 0.542. The third-order valence-corrected chi connectivity index (χ3v) is 7.70. The van der Waals surface area contributed by atoms with Crippen LogP contribution in [0.15, 0.2) is 36.9 Å². The van der Waals surface area contributed by atoms with Crippen molar-refractivity contribution in [1.29, 1.82) is 0 Å². The molecule has 0 radical (unpaired) electrons. The number of carbonyl (C=O) groups is 3. The molecule has 9 nitrogen and oxygen atoms in total. The Morgan fingerprint density at radius 1 is 1.18 bits per heavy atom. The lowest BCUT2D eigenvalue weighted by molar-refractivity contribution is -0.139. The van der Waals surface area contributed by atoms with Gasteiger partial charge in [-0.25, -0.2) is 0 Å². The average Bonchev–Trinajstić information content (AvgIpc) is 3.58. The molecule has 1 aliphatic carbocycles. The van der Waals surface area contributed by atoms with Crippen molar-refractivity contribution in [2.45, 2.75) is 56.2 Å². The van der Waals surface area contributed by atoms with E-state index in [1.165, 1.54) is 4.90 Å². The van der Waals surface area contributed by atoms with Gasteiger partial charge in [-0.05, 0) is 42.9 Å². The van der Waals surface area contributed by atoms with Crippen molar-refractivity contribution in [2.75, 3.05) is 13.2 Å². The Morgan fingerprint density at radius 3 is 2.65 bits per heavy atom. The summed E-state index contributed by atoms with van der Waals surface area (Å²) in [6.45, 7) is 2.41. The van der Waals surface area contributed by atoms with Gasteiger partial charge in [0.2, 0.25) is 5.91 Å². The first-order valence-electron chi connectivity index (χ1n) is 11.8. The highest BCUT2D eigenvalue weighted by Crippen LogP contribution is 2.35. The first-order valence-corrected chi connectivity index (χ1v) is 12.2. The van der Waals surface area contributed by atoms with Crippen LogP contribution in [0.3, 0.4) is 0 Å². The minimum atomic E-state index is -0.727. The van der Waals surface area contributed by atoms with Gasteiger partial charge in [-0.15, -0.1) is 21.8 Å². The van der Waals surface area contributed by atoms with E-state index in [1.807, 2.05) is 6.07 Å². The fourth-order valence-corrected chi connectivity index (χ4v) is 5.73. The number of halogens is 1. The summed E-state index contributed by atoms with van der Waals surface area (Å²) in [6.07, 6.45) is 6.31. The molecule has 10 heteroatoms. The lowest BCUT2D eigenvalue weighted by Gasteiger charge is -2.35. The highest BCUT2D eigenvalue weighted by Gasteiger charge is 2.53. The lowest BCUT2D eigenvalue weighted by atomic mass is 9.78. The summed E-state index contributed by atoms with van der Waals surface area (Å²) < 4.78 is 7.25. The number of ketones is 1. The SMILES string of the molecule is CC1CCC(C(NC(=O)c2cccc(-n3cnnc3)c2)C(=O)N2C[C@H](Cl)[C@H]3OCC(=O)[C@H]32)CC1. The van der Waals surface area contributed by atoms with Crippen molar-refractivity contribution in [3.63, 3.8) is 0 Å². The van der Waals surface area contributed by atoms with E-state index >= 15 is 0 Å². The van der Waals surface area contributed by atoms with Crippen molar-refractivity contribution in [2.24, 2.45) is 11.8 Å². The number of hydrogen-bond donors (Lipinski definition) is 1. The minimum Gasteiger partial charge on any atom is -0.366 e. The minimum absolute atomic E-state index is 0.000990. The van der Waals surface area contributed by atoms with Gasteiger partial charge in [-0.3, -0.25) is 19.0 Å². The topological polar surface area (TPSA) is 106 Å². The van der Waals surface area contributed by atoms with Gasteiger partial charge in [0.05, 0.1) is 5.38 Å². The highest BCUT2D eigenvalue weighted by atomic mass is 35.5.